The Morgan fingerprint density at radius 3 is 0.614 bits per heavy atom. The topological polar surface area (TPSA) is 87.8 Å². The zero-order chi connectivity index (χ0) is 41.3. The summed E-state index contributed by atoms with van der Waals surface area (Å²) in [6, 6.07) is 0. The van der Waals surface area contributed by atoms with Crippen LogP contribution in [0.4, 0.5) is 0 Å². The molecule has 0 aromatic heterocycles. The highest BCUT2D eigenvalue weighted by Crippen LogP contribution is 2.15. The van der Waals surface area contributed by atoms with Gasteiger partial charge in [0.15, 0.2) is 0 Å². The lowest BCUT2D eigenvalue weighted by Gasteiger charge is -2.26. The molecule has 0 rings (SSSR count). The molecule has 6 heteroatoms. The van der Waals surface area contributed by atoms with E-state index >= 15 is 0 Å². The van der Waals surface area contributed by atoms with Crippen LogP contribution in [0.3, 0.4) is 0 Å². The van der Waals surface area contributed by atoms with Gasteiger partial charge in [-0.1, -0.05) is 202 Å². The molecule has 0 saturated heterocycles. The third-order valence-corrected chi connectivity index (χ3v) is 11.8. The van der Waals surface area contributed by atoms with E-state index in [4.69, 9.17) is 17.2 Å². The van der Waals surface area contributed by atoms with Crippen molar-refractivity contribution in [3.05, 3.63) is 0 Å². The maximum Gasteiger partial charge on any atom is -0.000654 e. The molecule has 0 heterocycles. The van der Waals surface area contributed by atoms with Crippen molar-refractivity contribution in [2.45, 2.75) is 253 Å². The van der Waals surface area contributed by atoms with E-state index in [1.165, 1.54) is 258 Å². The summed E-state index contributed by atoms with van der Waals surface area (Å²) in [7, 11) is 0. The summed E-state index contributed by atoms with van der Waals surface area (Å²) < 4.78 is 0. The Labute approximate surface area is 362 Å². The fourth-order valence-electron chi connectivity index (χ4n) is 7.94. The normalized spacial score (nSPS) is 11.5. The zero-order valence-corrected chi connectivity index (χ0v) is 39.6. The van der Waals surface area contributed by atoms with Gasteiger partial charge < -0.3 is 31.9 Å². The van der Waals surface area contributed by atoms with Gasteiger partial charge in [0, 0.05) is 0 Å². The van der Waals surface area contributed by atoms with Crippen LogP contribution in [0.2, 0.25) is 0 Å². The van der Waals surface area contributed by atoms with Crippen molar-refractivity contribution < 1.29 is 0 Å². The van der Waals surface area contributed by atoms with E-state index in [-0.39, 0.29) is 7.43 Å². The van der Waals surface area contributed by atoms with E-state index in [9.17, 15) is 0 Å². The average Bonchev–Trinajstić information content (AvgIpc) is 3.21. The Bertz CT molecular complexity index is 648. The van der Waals surface area contributed by atoms with Gasteiger partial charge in [0.2, 0.25) is 0 Å². The van der Waals surface area contributed by atoms with E-state index in [2.05, 4.69) is 42.4 Å². The molecule has 348 valence electrons. The maximum absolute atomic E-state index is 5.81. The summed E-state index contributed by atoms with van der Waals surface area (Å²) in [5.74, 6) is 0. The van der Waals surface area contributed by atoms with Crippen LogP contribution in [0.25, 0.3) is 0 Å². The largest absolute Gasteiger partial charge is 0.330 e. The minimum atomic E-state index is 0. The van der Waals surface area contributed by atoms with Gasteiger partial charge in [-0.15, -0.1) is 0 Å². The standard InChI is InChI=1S/C31H68N4.C19H42N2.CH4/c1-3-5-7-8-9-10-11-12-13-14-15-16-17-18-19-20-27-35(29-22-25-33)31-23-30-34(26-6-4-2)28-21-24-32;1-3-5-7-8-9-10-11-12-13-14-18-21(17-6-4-2)19-15-16-20;/h3-33H2,1-2H3;3-20H2,1-2H3;1H4. The van der Waals surface area contributed by atoms with Gasteiger partial charge in [-0.3, -0.25) is 0 Å². The van der Waals surface area contributed by atoms with Crippen LogP contribution >= 0.6 is 0 Å². The van der Waals surface area contributed by atoms with Crippen LogP contribution in [0.5, 0.6) is 0 Å². The van der Waals surface area contributed by atoms with Crippen molar-refractivity contribution in [1.29, 1.82) is 0 Å². The van der Waals surface area contributed by atoms with Crippen molar-refractivity contribution in [3.8, 4) is 0 Å². The van der Waals surface area contributed by atoms with Crippen molar-refractivity contribution in [2.75, 3.05) is 78.5 Å². The number of nitrogens with zero attached hydrogens (tertiary/aromatic N) is 3. The molecule has 0 aromatic rings. The molecule has 0 atom stereocenters. The van der Waals surface area contributed by atoms with Crippen LogP contribution < -0.4 is 17.2 Å². The average molecular weight is 812 g/mol. The van der Waals surface area contributed by atoms with Crippen molar-refractivity contribution >= 4 is 0 Å². The summed E-state index contributed by atoms with van der Waals surface area (Å²) in [6.07, 6.45) is 47.2. The molecule has 0 bridgehead atoms. The van der Waals surface area contributed by atoms with Crippen molar-refractivity contribution in [2.24, 2.45) is 17.2 Å². The van der Waals surface area contributed by atoms with Crippen molar-refractivity contribution in [3.63, 3.8) is 0 Å². The van der Waals surface area contributed by atoms with Crippen LogP contribution in [0.1, 0.15) is 253 Å². The number of nitrogens with two attached hydrogens (primary N) is 3. The van der Waals surface area contributed by atoms with Crippen LogP contribution in [0, 0.1) is 0 Å². The van der Waals surface area contributed by atoms with Crippen LogP contribution in [-0.4, -0.2) is 93.2 Å². The second-order valence-electron chi connectivity index (χ2n) is 17.5. The first-order valence-corrected chi connectivity index (χ1v) is 25.9. The number of unbranched alkanes of at least 4 members (excludes halogenated alkanes) is 26. The summed E-state index contributed by atoms with van der Waals surface area (Å²) >= 11 is 0. The monoisotopic (exact) mass is 811 g/mol. The zero-order valence-electron chi connectivity index (χ0n) is 39.6. The Kier molecular flexibility index (Phi) is 59.7. The molecule has 0 aromatic carbocycles. The second-order valence-corrected chi connectivity index (χ2v) is 17.5. The van der Waals surface area contributed by atoms with Crippen LogP contribution in [-0.2, 0) is 0 Å². The quantitative estimate of drug-likeness (QED) is 0.0531. The minimum absolute atomic E-state index is 0. The predicted molar refractivity (Wildman–Crippen MR) is 263 cm³/mol. The lowest BCUT2D eigenvalue weighted by molar-refractivity contribution is 0.220. The summed E-state index contributed by atoms with van der Waals surface area (Å²) in [6.45, 7) is 22.7. The van der Waals surface area contributed by atoms with E-state index in [0.717, 1.165) is 38.9 Å². The third kappa shape index (κ3) is 51.8. The van der Waals surface area contributed by atoms with Gasteiger partial charge in [-0.05, 0) is 130 Å². The third-order valence-electron chi connectivity index (χ3n) is 11.8. The Morgan fingerprint density at radius 2 is 0.386 bits per heavy atom. The van der Waals surface area contributed by atoms with E-state index in [1.54, 1.807) is 0 Å². The summed E-state index contributed by atoms with van der Waals surface area (Å²) in [5, 5.41) is 0. The van der Waals surface area contributed by atoms with E-state index in [0.29, 0.717) is 0 Å². The molecule has 0 radical (unpaired) electrons. The molecule has 0 amide bonds. The van der Waals surface area contributed by atoms with E-state index < -0.39 is 0 Å². The first kappa shape index (κ1) is 61.1. The van der Waals surface area contributed by atoms with E-state index in [1.807, 2.05) is 0 Å². The van der Waals surface area contributed by atoms with Gasteiger partial charge in [0.25, 0.3) is 0 Å². The molecule has 6 N–H and O–H groups in total. The van der Waals surface area contributed by atoms with Gasteiger partial charge >= 0.3 is 0 Å². The minimum Gasteiger partial charge on any atom is -0.330 e. The first-order chi connectivity index (χ1) is 27.6. The molecule has 0 fully saturated rings. The highest BCUT2D eigenvalue weighted by atomic mass is 15.1. The highest BCUT2D eigenvalue weighted by Gasteiger charge is 2.08. The lowest BCUT2D eigenvalue weighted by atomic mass is 10.0. The maximum atomic E-state index is 5.81. The lowest BCUT2D eigenvalue weighted by Crippen LogP contribution is -2.33. The fourth-order valence-corrected chi connectivity index (χ4v) is 7.94. The Balaban J connectivity index is -0.00000113. The molecule has 57 heavy (non-hydrogen) atoms. The van der Waals surface area contributed by atoms with Crippen molar-refractivity contribution in [1.82, 2.24) is 14.7 Å². The molecule has 6 nitrogen and oxygen atoms in total. The fraction of sp³-hybridized carbons (Fsp3) is 1.00. The smallest absolute Gasteiger partial charge is 0.000654 e. The van der Waals surface area contributed by atoms with Crippen LogP contribution in [0.15, 0.2) is 0 Å². The predicted octanol–water partition coefficient (Wildman–Crippen LogP) is 13.7. The number of hydrogen-bond acceptors (Lipinski definition) is 6. The SMILES string of the molecule is C.CCCCCCCCCCCCCCCCCCN(CCCN)CCCN(CCCC)CCCN.CCCCCCCCCCCCN(CCCC)CCCN. The highest BCUT2D eigenvalue weighted by molar-refractivity contribution is 4.65. The van der Waals surface area contributed by atoms with Gasteiger partial charge in [-0.2, -0.15) is 0 Å². The molecule has 0 aliphatic rings. The Morgan fingerprint density at radius 1 is 0.211 bits per heavy atom. The molecule has 0 unspecified atom stereocenters. The van der Waals surface area contributed by atoms with Gasteiger partial charge in [0.05, 0.1) is 0 Å². The van der Waals surface area contributed by atoms with Gasteiger partial charge in [0.1, 0.15) is 0 Å². The number of hydrogen-bond donors (Lipinski definition) is 3. The molecule has 0 aliphatic heterocycles. The molecule has 0 aliphatic carbocycles. The first-order valence-electron chi connectivity index (χ1n) is 25.9. The summed E-state index contributed by atoms with van der Waals surface area (Å²) in [4.78, 5) is 7.94. The molecule has 0 spiro atoms. The second kappa shape index (κ2) is 55.8. The molecular formula is C51H114N6. The van der Waals surface area contributed by atoms with Gasteiger partial charge in [-0.25, -0.2) is 0 Å². The molecular weight excluding hydrogens is 697 g/mol. The number of rotatable bonds is 47. The summed E-state index contributed by atoms with van der Waals surface area (Å²) in [5.41, 5.74) is 17.2. The Hall–Kier alpha value is -0.240. The molecule has 0 saturated carbocycles.